The van der Waals surface area contributed by atoms with Gasteiger partial charge in [-0.15, -0.1) is 0 Å². The van der Waals surface area contributed by atoms with Crippen molar-refractivity contribution in [1.29, 1.82) is 0 Å². The van der Waals surface area contributed by atoms with Crippen LogP contribution in [0.25, 0.3) is 0 Å². The third kappa shape index (κ3) is 4.32. The lowest BCUT2D eigenvalue weighted by Crippen LogP contribution is -2.25. The molecule has 0 aliphatic heterocycles. The molecule has 0 aliphatic carbocycles. The Kier molecular flexibility index (Phi) is 5.15. The lowest BCUT2D eigenvalue weighted by Gasteiger charge is -2.11. The second-order valence-electron chi connectivity index (χ2n) is 3.53. The molecule has 1 atom stereocenters. The van der Waals surface area contributed by atoms with Crippen molar-refractivity contribution in [3.63, 3.8) is 0 Å². The lowest BCUT2D eigenvalue weighted by atomic mass is 10.2. The Bertz CT molecular complexity index is 289. The molecule has 0 radical (unpaired) electrons. The highest BCUT2D eigenvalue weighted by Gasteiger charge is 1.99. The van der Waals surface area contributed by atoms with Crippen LogP contribution in [0.1, 0.15) is 12.5 Å². The molecule has 0 bridgehead atoms. The first kappa shape index (κ1) is 12.0. The predicted molar refractivity (Wildman–Crippen MR) is 61.2 cm³/mol. The number of ether oxygens (including phenoxy) is 2. The fraction of sp³-hybridized carbons (Fsp3) is 0.500. The average molecular weight is 209 g/mol. The Morgan fingerprint density at radius 2 is 2.13 bits per heavy atom. The van der Waals surface area contributed by atoms with Crippen molar-refractivity contribution in [2.45, 2.75) is 19.6 Å². The van der Waals surface area contributed by atoms with E-state index in [1.54, 1.807) is 14.2 Å². The smallest absolute Gasteiger partial charge is 0.119 e. The normalized spacial score (nSPS) is 12.5. The maximum atomic E-state index is 5.15. The van der Waals surface area contributed by atoms with Crippen molar-refractivity contribution >= 4 is 0 Å². The van der Waals surface area contributed by atoms with Crippen LogP contribution in [-0.2, 0) is 11.3 Å². The molecule has 0 aromatic heterocycles. The quantitative estimate of drug-likeness (QED) is 0.775. The molecule has 1 rings (SSSR count). The van der Waals surface area contributed by atoms with Crippen LogP contribution in [0.4, 0.5) is 0 Å². The first-order valence-corrected chi connectivity index (χ1v) is 5.12. The Hall–Kier alpha value is -1.06. The van der Waals surface area contributed by atoms with E-state index in [9.17, 15) is 0 Å². The van der Waals surface area contributed by atoms with Crippen LogP contribution in [0.2, 0.25) is 0 Å². The minimum Gasteiger partial charge on any atom is -0.497 e. The number of methoxy groups -OCH3 is 2. The van der Waals surface area contributed by atoms with Gasteiger partial charge < -0.3 is 14.8 Å². The number of nitrogens with one attached hydrogen (secondary N) is 1. The van der Waals surface area contributed by atoms with Crippen LogP contribution < -0.4 is 10.1 Å². The van der Waals surface area contributed by atoms with Crippen molar-refractivity contribution in [3.05, 3.63) is 29.8 Å². The van der Waals surface area contributed by atoms with Gasteiger partial charge in [0, 0.05) is 20.2 Å². The Morgan fingerprint density at radius 3 is 2.80 bits per heavy atom. The summed E-state index contributed by atoms with van der Waals surface area (Å²) in [4.78, 5) is 0. The SMILES string of the molecule is COc1cccc(CNCC(C)OC)c1. The van der Waals surface area contributed by atoms with Gasteiger partial charge in [-0.1, -0.05) is 12.1 Å². The minimum absolute atomic E-state index is 0.246. The van der Waals surface area contributed by atoms with Crippen LogP contribution in [0.3, 0.4) is 0 Å². The summed E-state index contributed by atoms with van der Waals surface area (Å²) in [6.07, 6.45) is 0.246. The maximum absolute atomic E-state index is 5.15. The highest BCUT2D eigenvalue weighted by Crippen LogP contribution is 2.11. The zero-order valence-electron chi connectivity index (χ0n) is 9.62. The molecular formula is C12H19NO2. The highest BCUT2D eigenvalue weighted by atomic mass is 16.5. The molecule has 0 saturated heterocycles. The number of rotatable bonds is 6. The van der Waals surface area contributed by atoms with Crippen molar-refractivity contribution in [2.24, 2.45) is 0 Å². The molecule has 0 heterocycles. The Morgan fingerprint density at radius 1 is 1.33 bits per heavy atom. The van der Waals surface area contributed by atoms with Gasteiger partial charge in [-0.25, -0.2) is 0 Å². The van der Waals surface area contributed by atoms with E-state index in [1.165, 1.54) is 5.56 Å². The lowest BCUT2D eigenvalue weighted by molar-refractivity contribution is 0.117. The van der Waals surface area contributed by atoms with Crippen molar-refractivity contribution in [2.75, 3.05) is 20.8 Å². The van der Waals surface area contributed by atoms with Gasteiger partial charge in [-0.05, 0) is 24.6 Å². The minimum atomic E-state index is 0.246. The van der Waals surface area contributed by atoms with E-state index in [0.29, 0.717) is 0 Å². The molecule has 0 fully saturated rings. The van der Waals surface area contributed by atoms with Crippen LogP contribution in [0, 0.1) is 0 Å². The summed E-state index contributed by atoms with van der Waals surface area (Å²) in [5.41, 5.74) is 1.22. The van der Waals surface area contributed by atoms with Gasteiger partial charge >= 0.3 is 0 Å². The van der Waals surface area contributed by atoms with Crippen molar-refractivity contribution in [1.82, 2.24) is 5.32 Å². The standard InChI is InChI=1S/C12H19NO2/c1-10(14-2)8-13-9-11-5-4-6-12(7-11)15-3/h4-7,10,13H,8-9H2,1-3H3. The molecule has 15 heavy (non-hydrogen) atoms. The van der Waals surface area contributed by atoms with Gasteiger partial charge in [0.2, 0.25) is 0 Å². The fourth-order valence-corrected chi connectivity index (χ4v) is 1.29. The topological polar surface area (TPSA) is 30.5 Å². The fourth-order valence-electron chi connectivity index (χ4n) is 1.29. The molecule has 1 N–H and O–H groups in total. The molecule has 3 heteroatoms. The van der Waals surface area contributed by atoms with Crippen LogP contribution in [-0.4, -0.2) is 26.9 Å². The summed E-state index contributed by atoms with van der Waals surface area (Å²) in [5.74, 6) is 0.897. The average Bonchev–Trinajstić information content (AvgIpc) is 2.29. The van der Waals surface area contributed by atoms with E-state index in [2.05, 4.69) is 11.4 Å². The summed E-state index contributed by atoms with van der Waals surface area (Å²) in [7, 11) is 3.40. The van der Waals surface area contributed by atoms with Gasteiger partial charge in [-0.3, -0.25) is 0 Å². The van der Waals surface area contributed by atoms with Crippen LogP contribution in [0.5, 0.6) is 5.75 Å². The molecule has 3 nitrogen and oxygen atoms in total. The monoisotopic (exact) mass is 209 g/mol. The summed E-state index contributed by atoms with van der Waals surface area (Å²) in [5, 5.41) is 3.32. The van der Waals surface area contributed by atoms with Gasteiger partial charge in [0.1, 0.15) is 5.75 Å². The number of benzene rings is 1. The molecule has 1 unspecified atom stereocenters. The molecule has 84 valence electrons. The largest absolute Gasteiger partial charge is 0.497 e. The summed E-state index contributed by atoms with van der Waals surface area (Å²) in [6, 6.07) is 8.05. The Labute approximate surface area is 91.4 Å². The van der Waals surface area contributed by atoms with Crippen molar-refractivity contribution in [3.8, 4) is 5.75 Å². The van der Waals surface area contributed by atoms with Gasteiger partial charge in [0.15, 0.2) is 0 Å². The van der Waals surface area contributed by atoms with Gasteiger partial charge in [0.05, 0.1) is 13.2 Å². The Balaban J connectivity index is 2.37. The third-order valence-electron chi connectivity index (χ3n) is 2.30. The summed E-state index contributed by atoms with van der Waals surface area (Å²) < 4.78 is 10.3. The predicted octanol–water partition coefficient (Wildman–Crippen LogP) is 1.82. The van der Waals surface area contributed by atoms with Gasteiger partial charge in [-0.2, -0.15) is 0 Å². The first-order chi connectivity index (χ1) is 7.26. The molecular weight excluding hydrogens is 190 g/mol. The molecule has 1 aromatic rings. The molecule has 1 aromatic carbocycles. The summed E-state index contributed by atoms with van der Waals surface area (Å²) >= 11 is 0. The van der Waals surface area contributed by atoms with Crippen LogP contribution in [0.15, 0.2) is 24.3 Å². The third-order valence-corrected chi connectivity index (χ3v) is 2.30. The molecule has 0 amide bonds. The van der Waals surface area contributed by atoms with E-state index in [0.717, 1.165) is 18.8 Å². The zero-order valence-corrected chi connectivity index (χ0v) is 9.62. The summed E-state index contributed by atoms with van der Waals surface area (Å²) in [6.45, 7) is 3.73. The highest BCUT2D eigenvalue weighted by molar-refractivity contribution is 5.28. The second kappa shape index (κ2) is 6.43. The maximum Gasteiger partial charge on any atom is 0.119 e. The van der Waals surface area contributed by atoms with Crippen LogP contribution >= 0.6 is 0 Å². The molecule has 0 spiro atoms. The number of hydrogen-bond acceptors (Lipinski definition) is 3. The van der Waals surface area contributed by atoms with E-state index in [-0.39, 0.29) is 6.10 Å². The zero-order chi connectivity index (χ0) is 11.1. The first-order valence-electron chi connectivity index (χ1n) is 5.12. The van der Waals surface area contributed by atoms with E-state index in [1.807, 2.05) is 25.1 Å². The van der Waals surface area contributed by atoms with Crippen molar-refractivity contribution < 1.29 is 9.47 Å². The van der Waals surface area contributed by atoms with E-state index in [4.69, 9.17) is 9.47 Å². The molecule has 0 saturated carbocycles. The second-order valence-corrected chi connectivity index (χ2v) is 3.53. The van der Waals surface area contributed by atoms with E-state index < -0.39 is 0 Å². The van der Waals surface area contributed by atoms with E-state index >= 15 is 0 Å². The van der Waals surface area contributed by atoms with Gasteiger partial charge in [0.25, 0.3) is 0 Å². The number of hydrogen-bond donors (Lipinski definition) is 1. The molecule has 0 aliphatic rings.